The van der Waals surface area contributed by atoms with Crippen LogP contribution in [0.25, 0.3) is 0 Å². The number of nitrogens with one attached hydrogen (secondary N) is 1. The van der Waals surface area contributed by atoms with Crippen LogP contribution in [0.1, 0.15) is 29.7 Å². The maximum atomic E-state index is 13.9. The summed E-state index contributed by atoms with van der Waals surface area (Å²) in [5.41, 5.74) is 0.891. The fourth-order valence-corrected chi connectivity index (χ4v) is 10.6. The standard InChI is InChI=1S/C29H24ClN3O8S2/c1-2-40-19(34)11-41-18-8-3-12(30)9-15(18)20-21-16-10-17(24(21)42-26-25(20)43-29(37)31-26)23-22(16)27(35)32(28(23)36)13-4-6-14(7-5-13)33(38)39/h3-9,16-17,20-24H,2,10-11H2,1H3,(H,31,37)/t16?,17?,20-,21?,22?,23?,24?/m1/s1. The maximum Gasteiger partial charge on any atom is 0.344 e. The highest BCUT2D eigenvalue weighted by Gasteiger charge is 2.69. The quantitative estimate of drug-likeness (QED) is 0.169. The van der Waals surface area contributed by atoms with Gasteiger partial charge in [0.25, 0.3) is 5.69 Å². The molecule has 1 aromatic heterocycles. The minimum Gasteiger partial charge on any atom is -0.482 e. The lowest BCUT2D eigenvalue weighted by Gasteiger charge is -2.43. The van der Waals surface area contributed by atoms with E-state index < -0.39 is 22.7 Å². The number of ether oxygens (including phenoxy) is 2. The number of carbonyl (C=O) groups is 3. The molecule has 3 heterocycles. The molecule has 0 radical (unpaired) electrons. The summed E-state index contributed by atoms with van der Waals surface area (Å²) in [6, 6.07) is 10.6. The number of nitro benzene ring substituents is 1. The molecule has 2 bridgehead atoms. The third kappa shape index (κ3) is 4.39. The summed E-state index contributed by atoms with van der Waals surface area (Å²) >= 11 is 9.14. The molecule has 6 unspecified atom stereocenters. The highest BCUT2D eigenvalue weighted by Crippen LogP contribution is 2.69. The molecule has 11 nitrogen and oxygen atoms in total. The summed E-state index contributed by atoms with van der Waals surface area (Å²) in [6.07, 6.45) is 0.679. The number of halogens is 1. The molecule has 7 atom stereocenters. The van der Waals surface area contributed by atoms with Crippen LogP contribution < -0.4 is 14.5 Å². The fourth-order valence-electron chi connectivity index (χ4n) is 7.58. The van der Waals surface area contributed by atoms with Crippen LogP contribution in [0.4, 0.5) is 11.4 Å². The second-order valence-electron chi connectivity index (χ2n) is 11.0. The number of hydrogen-bond donors (Lipinski definition) is 1. The van der Waals surface area contributed by atoms with Gasteiger partial charge in [-0.2, -0.15) is 0 Å². The Morgan fingerprint density at radius 1 is 1.12 bits per heavy atom. The highest BCUT2D eigenvalue weighted by atomic mass is 35.5. The SMILES string of the molecule is CCOC(=O)COc1ccc(Cl)cc1[C@H]1c2sc(=O)[nH]c2SC2C3CC(C4C(=O)N(c5ccc([N+](=O)[O-])cc5)C(=O)C34)C21. The van der Waals surface area contributed by atoms with Crippen LogP contribution in [0, 0.1) is 39.7 Å². The molecule has 3 fully saturated rings. The number of esters is 1. The minimum absolute atomic E-state index is 0.0700. The number of carbonyl (C=O) groups excluding carboxylic acids is 3. The molecule has 4 aliphatic rings. The molecule has 1 saturated heterocycles. The van der Waals surface area contributed by atoms with E-state index >= 15 is 0 Å². The lowest BCUT2D eigenvalue weighted by Crippen LogP contribution is -2.42. The van der Waals surface area contributed by atoms with Crippen molar-refractivity contribution in [2.45, 2.75) is 29.5 Å². The Morgan fingerprint density at radius 2 is 1.84 bits per heavy atom. The normalized spacial score (nSPS) is 28.4. The number of imide groups is 1. The van der Waals surface area contributed by atoms with Crippen LogP contribution in [0.5, 0.6) is 5.75 Å². The third-order valence-electron chi connectivity index (χ3n) is 9.00. The number of hydrogen-bond acceptors (Lipinski definition) is 10. The monoisotopic (exact) mass is 641 g/mol. The summed E-state index contributed by atoms with van der Waals surface area (Å²) in [7, 11) is 0. The van der Waals surface area contributed by atoms with E-state index in [0.29, 0.717) is 28.4 Å². The van der Waals surface area contributed by atoms with Crippen molar-refractivity contribution in [2.24, 2.45) is 29.6 Å². The maximum absolute atomic E-state index is 13.9. The summed E-state index contributed by atoms with van der Waals surface area (Å²) < 4.78 is 11.0. The Kier molecular flexibility index (Phi) is 6.86. The van der Waals surface area contributed by atoms with Crippen molar-refractivity contribution < 1.29 is 28.8 Å². The van der Waals surface area contributed by atoms with Crippen molar-refractivity contribution in [3.63, 3.8) is 0 Å². The van der Waals surface area contributed by atoms with Gasteiger partial charge in [-0.25, -0.2) is 4.79 Å². The molecule has 7 rings (SSSR count). The lowest BCUT2D eigenvalue weighted by atomic mass is 9.68. The van der Waals surface area contributed by atoms with E-state index in [1.165, 1.54) is 29.2 Å². The molecule has 2 saturated carbocycles. The molecule has 0 spiro atoms. The van der Waals surface area contributed by atoms with Crippen LogP contribution in [0.2, 0.25) is 5.02 Å². The third-order valence-corrected chi connectivity index (χ3v) is 11.8. The zero-order valence-electron chi connectivity index (χ0n) is 22.6. The lowest BCUT2D eigenvalue weighted by molar-refractivity contribution is -0.384. The number of nitrogens with zero attached hydrogens (tertiary/aromatic N) is 2. The second-order valence-corrected chi connectivity index (χ2v) is 13.7. The van der Waals surface area contributed by atoms with E-state index in [-0.39, 0.29) is 64.5 Å². The first-order valence-electron chi connectivity index (χ1n) is 13.8. The molecule has 2 aliphatic heterocycles. The molecule has 43 heavy (non-hydrogen) atoms. The number of nitro groups is 1. The number of amides is 2. The first-order valence-corrected chi connectivity index (χ1v) is 15.8. The molecule has 2 amide bonds. The van der Waals surface area contributed by atoms with Crippen molar-refractivity contribution in [3.8, 4) is 5.75 Å². The number of rotatable bonds is 7. The predicted molar refractivity (Wildman–Crippen MR) is 158 cm³/mol. The topological polar surface area (TPSA) is 149 Å². The highest BCUT2D eigenvalue weighted by molar-refractivity contribution is 8.00. The van der Waals surface area contributed by atoms with E-state index in [1.54, 1.807) is 36.9 Å². The molecule has 3 aromatic rings. The van der Waals surface area contributed by atoms with Crippen LogP contribution in [0.15, 0.2) is 52.3 Å². The Labute approximate surface area is 257 Å². The Balaban J connectivity index is 1.28. The molecule has 1 N–H and O–H groups in total. The van der Waals surface area contributed by atoms with Gasteiger partial charge in [-0.3, -0.25) is 29.4 Å². The number of anilines is 1. The number of H-pyrrole nitrogens is 1. The number of aromatic amines is 1. The fraction of sp³-hybridized carbons (Fsp3) is 0.379. The van der Waals surface area contributed by atoms with Gasteiger partial charge in [0.15, 0.2) is 6.61 Å². The number of thiazole rings is 1. The zero-order valence-corrected chi connectivity index (χ0v) is 24.9. The van der Waals surface area contributed by atoms with Crippen molar-refractivity contribution in [1.29, 1.82) is 0 Å². The van der Waals surface area contributed by atoms with Gasteiger partial charge in [0.1, 0.15) is 5.75 Å². The molecule has 222 valence electrons. The first kappa shape index (κ1) is 28.1. The Morgan fingerprint density at radius 3 is 2.53 bits per heavy atom. The number of benzene rings is 2. The predicted octanol–water partition coefficient (Wildman–Crippen LogP) is 4.62. The molecule has 14 heteroatoms. The second kappa shape index (κ2) is 10.5. The van der Waals surface area contributed by atoms with Gasteiger partial charge in [-0.15, -0.1) is 11.8 Å². The molecular formula is C29H24ClN3O8S2. The minimum atomic E-state index is -0.558. The van der Waals surface area contributed by atoms with Gasteiger partial charge in [0, 0.05) is 38.8 Å². The average molecular weight is 642 g/mol. The molecule has 2 aromatic carbocycles. The van der Waals surface area contributed by atoms with Gasteiger partial charge in [-0.1, -0.05) is 22.9 Å². The van der Waals surface area contributed by atoms with Crippen LogP contribution in [0.3, 0.4) is 0 Å². The van der Waals surface area contributed by atoms with Gasteiger partial charge in [-0.05, 0) is 61.4 Å². The van der Waals surface area contributed by atoms with E-state index in [4.69, 9.17) is 21.1 Å². The van der Waals surface area contributed by atoms with Crippen molar-refractivity contribution in [2.75, 3.05) is 18.1 Å². The van der Waals surface area contributed by atoms with E-state index in [2.05, 4.69) is 4.98 Å². The van der Waals surface area contributed by atoms with Gasteiger partial charge < -0.3 is 14.5 Å². The van der Waals surface area contributed by atoms with E-state index in [1.807, 2.05) is 0 Å². The Hall–Kier alpha value is -3.68. The smallest absolute Gasteiger partial charge is 0.344 e. The number of fused-ring (bicyclic) bond motifs is 9. The number of non-ortho nitro benzene ring substituents is 1. The largest absolute Gasteiger partial charge is 0.482 e. The molecular weight excluding hydrogens is 618 g/mol. The zero-order chi connectivity index (χ0) is 30.2. The van der Waals surface area contributed by atoms with Crippen molar-refractivity contribution in [1.82, 2.24) is 4.98 Å². The van der Waals surface area contributed by atoms with E-state index in [0.717, 1.165) is 21.2 Å². The summed E-state index contributed by atoms with van der Waals surface area (Å²) in [5, 5.41) is 12.3. The summed E-state index contributed by atoms with van der Waals surface area (Å²) in [5.74, 6) is -2.54. The first-order chi connectivity index (χ1) is 20.7. The van der Waals surface area contributed by atoms with Crippen LogP contribution in [-0.2, 0) is 19.1 Å². The molecule has 2 aliphatic carbocycles. The van der Waals surface area contributed by atoms with Gasteiger partial charge >= 0.3 is 10.8 Å². The van der Waals surface area contributed by atoms with Crippen molar-refractivity contribution in [3.05, 3.63) is 77.7 Å². The number of thioether (sulfide) groups is 1. The number of aromatic nitrogens is 1. The summed E-state index contributed by atoms with van der Waals surface area (Å²) in [6.45, 7) is 1.62. The van der Waals surface area contributed by atoms with Crippen LogP contribution in [-0.4, -0.2) is 46.2 Å². The summed E-state index contributed by atoms with van der Waals surface area (Å²) in [4.78, 5) is 67.8. The van der Waals surface area contributed by atoms with Crippen molar-refractivity contribution >= 4 is 63.9 Å². The van der Waals surface area contributed by atoms with Gasteiger partial charge in [0.05, 0.1) is 34.1 Å². The van der Waals surface area contributed by atoms with Crippen LogP contribution >= 0.6 is 34.7 Å². The van der Waals surface area contributed by atoms with Gasteiger partial charge in [0.2, 0.25) is 11.8 Å². The van der Waals surface area contributed by atoms with E-state index in [9.17, 15) is 29.3 Å². The Bertz CT molecular complexity index is 1740. The average Bonchev–Trinajstić information content (AvgIpc) is 3.71.